The molecule has 0 fully saturated rings. The number of rotatable bonds is 2. The fourth-order valence-corrected chi connectivity index (χ4v) is 2.32. The van der Waals surface area contributed by atoms with Crippen molar-refractivity contribution in [3.63, 3.8) is 0 Å². The Morgan fingerprint density at radius 1 is 1.33 bits per heavy atom. The van der Waals surface area contributed by atoms with Gasteiger partial charge < -0.3 is 0 Å². The molecule has 0 bridgehead atoms. The Hall–Kier alpha value is -1.62. The summed E-state index contributed by atoms with van der Waals surface area (Å²) in [4.78, 5) is 16.3. The van der Waals surface area contributed by atoms with Gasteiger partial charge in [0.15, 0.2) is 0 Å². The maximum absolute atomic E-state index is 12.1. The summed E-state index contributed by atoms with van der Waals surface area (Å²) in [6.07, 6.45) is 4.63. The van der Waals surface area contributed by atoms with Crippen molar-refractivity contribution >= 4 is 11.6 Å². The Morgan fingerprint density at radius 2 is 2.22 bits per heavy atom. The van der Waals surface area contributed by atoms with Crippen molar-refractivity contribution in [1.29, 1.82) is 0 Å². The minimum Gasteiger partial charge on any atom is -0.279 e. The molecule has 5 nitrogen and oxygen atoms in total. The molecule has 3 heterocycles. The summed E-state index contributed by atoms with van der Waals surface area (Å²) >= 11 is 5.78. The first kappa shape index (κ1) is 11.5. The van der Waals surface area contributed by atoms with Gasteiger partial charge in [-0.05, 0) is 25.0 Å². The van der Waals surface area contributed by atoms with Gasteiger partial charge in [0, 0.05) is 19.2 Å². The molecule has 6 heteroatoms. The van der Waals surface area contributed by atoms with Crippen molar-refractivity contribution in [1.82, 2.24) is 19.3 Å². The molecule has 0 radical (unpaired) electrons. The van der Waals surface area contributed by atoms with Crippen molar-refractivity contribution in [3.05, 3.63) is 45.4 Å². The summed E-state index contributed by atoms with van der Waals surface area (Å²) < 4.78 is 3.25. The minimum absolute atomic E-state index is 0.0403. The molecule has 3 rings (SSSR count). The molecule has 0 aliphatic carbocycles. The van der Waals surface area contributed by atoms with Crippen molar-refractivity contribution in [2.45, 2.75) is 32.4 Å². The van der Waals surface area contributed by atoms with Crippen LogP contribution in [-0.4, -0.2) is 19.3 Å². The van der Waals surface area contributed by atoms with E-state index in [1.165, 1.54) is 4.68 Å². The standard InChI is InChI=1S/C12H13ClN4O/c13-9-4-5-10(14-7-9)8-17-12(18)16-6-2-1-3-11(16)15-17/h4-5,7H,1-3,6,8H2. The van der Waals surface area contributed by atoms with E-state index in [1.807, 2.05) is 6.07 Å². The van der Waals surface area contributed by atoms with E-state index in [0.29, 0.717) is 11.6 Å². The predicted molar refractivity (Wildman–Crippen MR) is 67.8 cm³/mol. The van der Waals surface area contributed by atoms with Crippen molar-refractivity contribution in [3.8, 4) is 0 Å². The van der Waals surface area contributed by atoms with Crippen molar-refractivity contribution < 1.29 is 0 Å². The Kier molecular flexibility index (Phi) is 2.91. The van der Waals surface area contributed by atoms with Gasteiger partial charge in [0.2, 0.25) is 0 Å². The molecule has 1 aliphatic heterocycles. The Balaban J connectivity index is 1.91. The van der Waals surface area contributed by atoms with Gasteiger partial charge in [-0.3, -0.25) is 9.55 Å². The average molecular weight is 265 g/mol. The van der Waals surface area contributed by atoms with Gasteiger partial charge in [-0.25, -0.2) is 9.48 Å². The molecule has 2 aromatic heterocycles. The van der Waals surface area contributed by atoms with Gasteiger partial charge in [0.1, 0.15) is 5.82 Å². The topological polar surface area (TPSA) is 52.7 Å². The first-order valence-electron chi connectivity index (χ1n) is 6.01. The molecule has 0 saturated carbocycles. The van der Waals surface area contributed by atoms with Crippen LogP contribution >= 0.6 is 11.6 Å². The highest BCUT2D eigenvalue weighted by molar-refractivity contribution is 6.30. The zero-order chi connectivity index (χ0) is 12.5. The minimum atomic E-state index is -0.0403. The van der Waals surface area contributed by atoms with Gasteiger partial charge in [-0.2, -0.15) is 5.10 Å². The van der Waals surface area contributed by atoms with Crippen LogP contribution in [0.5, 0.6) is 0 Å². The fraction of sp³-hybridized carbons (Fsp3) is 0.417. The predicted octanol–water partition coefficient (Wildman–Crippen LogP) is 1.48. The average Bonchev–Trinajstić information content (AvgIpc) is 2.70. The molecule has 0 spiro atoms. The monoisotopic (exact) mass is 264 g/mol. The number of fused-ring (bicyclic) bond motifs is 1. The number of pyridine rings is 1. The first-order valence-corrected chi connectivity index (χ1v) is 6.39. The van der Waals surface area contributed by atoms with Crippen LogP contribution in [0.25, 0.3) is 0 Å². The lowest BCUT2D eigenvalue weighted by Gasteiger charge is -2.09. The summed E-state index contributed by atoms with van der Waals surface area (Å²) in [6.45, 7) is 1.18. The third kappa shape index (κ3) is 2.06. The SMILES string of the molecule is O=c1n(Cc2ccc(Cl)cn2)nc2n1CCCC2. The van der Waals surface area contributed by atoms with Crippen LogP contribution in [0, 0.1) is 0 Å². The quantitative estimate of drug-likeness (QED) is 0.826. The van der Waals surface area contributed by atoms with Crippen LogP contribution in [0.2, 0.25) is 5.02 Å². The van der Waals surface area contributed by atoms with Gasteiger partial charge in [-0.1, -0.05) is 11.6 Å². The maximum Gasteiger partial charge on any atom is 0.346 e. The molecule has 2 aromatic rings. The van der Waals surface area contributed by atoms with E-state index in [9.17, 15) is 4.79 Å². The summed E-state index contributed by atoms with van der Waals surface area (Å²) in [7, 11) is 0. The Bertz CT molecular complexity index is 614. The van der Waals surface area contributed by atoms with Crippen LogP contribution in [0.1, 0.15) is 24.4 Å². The molecule has 0 unspecified atom stereocenters. The second-order valence-corrected chi connectivity index (χ2v) is 4.87. The van der Waals surface area contributed by atoms with E-state index in [2.05, 4.69) is 10.1 Å². The molecule has 94 valence electrons. The van der Waals surface area contributed by atoms with E-state index in [0.717, 1.165) is 37.3 Å². The molecule has 0 atom stereocenters. The second kappa shape index (κ2) is 4.57. The number of halogens is 1. The van der Waals surface area contributed by atoms with Crippen LogP contribution in [-0.2, 0) is 19.5 Å². The lowest BCUT2D eigenvalue weighted by molar-refractivity contribution is 0.511. The number of aryl methyl sites for hydroxylation is 1. The van der Waals surface area contributed by atoms with Gasteiger partial charge >= 0.3 is 5.69 Å². The van der Waals surface area contributed by atoms with Gasteiger partial charge in [0.05, 0.1) is 17.3 Å². The van der Waals surface area contributed by atoms with E-state index in [-0.39, 0.29) is 5.69 Å². The van der Waals surface area contributed by atoms with Crippen LogP contribution in [0.15, 0.2) is 23.1 Å². The third-order valence-electron chi connectivity index (χ3n) is 3.13. The van der Waals surface area contributed by atoms with Crippen LogP contribution in [0.3, 0.4) is 0 Å². The Morgan fingerprint density at radius 3 is 2.94 bits per heavy atom. The number of hydrogen-bond donors (Lipinski definition) is 0. The highest BCUT2D eigenvalue weighted by atomic mass is 35.5. The third-order valence-corrected chi connectivity index (χ3v) is 3.36. The van der Waals surface area contributed by atoms with Gasteiger partial charge in [-0.15, -0.1) is 0 Å². The summed E-state index contributed by atoms with van der Waals surface area (Å²) in [6, 6.07) is 3.58. The first-order chi connectivity index (χ1) is 8.74. The van der Waals surface area contributed by atoms with Crippen molar-refractivity contribution in [2.24, 2.45) is 0 Å². The highest BCUT2D eigenvalue weighted by Gasteiger charge is 2.16. The summed E-state index contributed by atoms with van der Waals surface area (Å²) in [5.41, 5.74) is 0.749. The largest absolute Gasteiger partial charge is 0.346 e. The zero-order valence-corrected chi connectivity index (χ0v) is 10.6. The van der Waals surface area contributed by atoms with E-state index in [4.69, 9.17) is 11.6 Å². The molecule has 0 N–H and O–H groups in total. The van der Waals surface area contributed by atoms with E-state index in [1.54, 1.807) is 16.8 Å². The molecule has 0 amide bonds. The highest BCUT2D eigenvalue weighted by Crippen LogP contribution is 2.10. The summed E-state index contributed by atoms with van der Waals surface area (Å²) in [5, 5.41) is 4.95. The lowest BCUT2D eigenvalue weighted by atomic mass is 10.2. The normalized spacial score (nSPS) is 14.5. The summed E-state index contributed by atoms with van der Waals surface area (Å²) in [5.74, 6) is 0.889. The molecular weight excluding hydrogens is 252 g/mol. The van der Waals surface area contributed by atoms with Crippen LogP contribution < -0.4 is 5.69 Å². The fourth-order valence-electron chi connectivity index (χ4n) is 2.20. The second-order valence-electron chi connectivity index (χ2n) is 4.43. The molecule has 0 aromatic carbocycles. The molecule has 1 aliphatic rings. The smallest absolute Gasteiger partial charge is 0.279 e. The van der Waals surface area contributed by atoms with Crippen molar-refractivity contribution in [2.75, 3.05) is 0 Å². The molecular formula is C12H13ClN4O. The molecule has 18 heavy (non-hydrogen) atoms. The Labute approximate surface area is 109 Å². The van der Waals surface area contributed by atoms with E-state index < -0.39 is 0 Å². The number of nitrogens with zero attached hydrogens (tertiary/aromatic N) is 4. The molecule has 0 saturated heterocycles. The van der Waals surface area contributed by atoms with Gasteiger partial charge in [0.25, 0.3) is 0 Å². The van der Waals surface area contributed by atoms with E-state index >= 15 is 0 Å². The maximum atomic E-state index is 12.1. The lowest BCUT2D eigenvalue weighted by Crippen LogP contribution is -2.27. The number of hydrogen-bond acceptors (Lipinski definition) is 3. The van der Waals surface area contributed by atoms with Crippen LogP contribution in [0.4, 0.5) is 0 Å². The zero-order valence-electron chi connectivity index (χ0n) is 9.84. The number of aromatic nitrogens is 4.